The molecule has 84 valence electrons. The van der Waals surface area contributed by atoms with Crippen LogP contribution in [0.1, 0.15) is 41.0 Å². The number of alkyl halides is 1. The van der Waals surface area contributed by atoms with Crippen molar-refractivity contribution in [3.05, 3.63) is 0 Å². The third-order valence-electron chi connectivity index (χ3n) is 1.39. The van der Waals surface area contributed by atoms with Gasteiger partial charge in [-0.3, -0.25) is 0 Å². The quantitative estimate of drug-likeness (QED) is 0.769. The largest absolute Gasteiger partial charge is 0.444 e. The smallest absolute Gasteiger partial charge is 0.407 e. The molecule has 1 N–H and O–H groups in total. The second-order valence-corrected chi connectivity index (χ2v) is 4.90. The van der Waals surface area contributed by atoms with Gasteiger partial charge in [0, 0.05) is 6.54 Å². The molecule has 0 aliphatic carbocycles. The van der Waals surface area contributed by atoms with Crippen molar-refractivity contribution in [1.82, 2.24) is 5.32 Å². The van der Waals surface area contributed by atoms with Gasteiger partial charge in [0.15, 0.2) is 0 Å². The molecule has 0 aromatic rings. The van der Waals surface area contributed by atoms with E-state index in [2.05, 4.69) is 5.32 Å². The fourth-order valence-corrected chi connectivity index (χ4v) is 0.776. The summed E-state index contributed by atoms with van der Waals surface area (Å²) in [6.45, 7) is 8.59. The Balaban J connectivity index is 3.66. The van der Waals surface area contributed by atoms with Gasteiger partial charge in [-0.15, -0.1) is 0 Å². The van der Waals surface area contributed by atoms with E-state index in [9.17, 15) is 9.18 Å². The summed E-state index contributed by atoms with van der Waals surface area (Å²) in [5.74, 6) is 0. The van der Waals surface area contributed by atoms with Crippen molar-refractivity contribution in [2.75, 3.05) is 6.54 Å². The number of hydrogen-bond acceptors (Lipinski definition) is 2. The first kappa shape index (κ1) is 13.2. The molecule has 4 heteroatoms. The third-order valence-corrected chi connectivity index (χ3v) is 1.39. The van der Waals surface area contributed by atoms with Gasteiger partial charge in [0.1, 0.15) is 11.3 Å². The van der Waals surface area contributed by atoms with Gasteiger partial charge in [-0.25, -0.2) is 9.18 Å². The molecule has 0 radical (unpaired) electrons. The van der Waals surface area contributed by atoms with E-state index in [0.717, 1.165) is 0 Å². The number of carbonyl (C=O) groups is 1. The SMILES string of the molecule is CC(C)(F)CCNC(=O)OC(C)(C)C. The molecule has 0 aromatic carbocycles. The van der Waals surface area contributed by atoms with Crippen LogP contribution in [0.4, 0.5) is 9.18 Å². The van der Waals surface area contributed by atoms with Crippen LogP contribution in [0.3, 0.4) is 0 Å². The molecule has 0 spiro atoms. The molecule has 1 amide bonds. The highest BCUT2D eigenvalue weighted by Gasteiger charge is 2.18. The molecule has 0 rings (SSSR count). The molecule has 0 aliphatic heterocycles. The van der Waals surface area contributed by atoms with Gasteiger partial charge < -0.3 is 10.1 Å². The second-order valence-electron chi connectivity index (χ2n) is 4.90. The van der Waals surface area contributed by atoms with Crippen LogP contribution in [0.15, 0.2) is 0 Å². The van der Waals surface area contributed by atoms with Crippen molar-refractivity contribution in [2.45, 2.75) is 52.3 Å². The second kappa shape index (κ2) is 4.62. The Labute approximate surface area is 85.0 Å². The standard InChI is InChI=1S/C10H20FNO2/c1-9(2,3)14-8(13)12-7-6-10(4,5)11/h6-7H2,1-5H3,(H,12,13). The van der Waals surface area contributed by atoms with Crippen molar-refractivity contribution in [1.29, 1.82) is 0 Å². The fraction of sp³-hybridized carbons (Fsp3) is 0.900. The first-order valence-electron chi connectivity index (χ1n) is 4.76. The highest BCUT2D eigenvalue weighted by Crippen LogP contribution is 2.12. The number of ether oxygens (including phenoxy) is 1. The molecule has 3 nitrogen and oxygen atoms in total. The highest BCUT2D eigenvalue weighted by atomic mass is 19.1. The van der Waals surface area contributed by atoms with Crippen molar-refractivity contribution in [2.24, 2.45) is 0 Å². The van der Waals surface area contributed by atoms with Crippen molar-refractivity contribution in [3.63, 3.8) is 0 Å². The molecule has 0 unspecified atom stereocenters. The Bertz CT molecular complexity index is 191. The van der Waals surface area contributed by atoms with Crippen LogP contribution < -0.4 is 5.32 Å². The zero-order chi connectivity index (χ0) is 11.4. The molecule has 0 bridgehead atoms. The molecule has 14 heavy (non-hydrogen) atoms. The first-order valence-corrected chi connectivity index (χ1v) is 4.76. The fourth-order valence-electron chi connectivity index (χ4n) is 0.776. The van der Waals surface area contributed by atoms with Gasteiger partial charge in [-0.05, 0) is 41.0 Å². The maximum absolute atomic E-state index is 13.0. The Morgan fingerprint density at radius 3 is 2.14 bits per heavy atom. The van der Waals surface area contributed by atoms with Crippen LogP contribution in [-0.2, 0) is 4.74 Å². The Hall–Kier alpha value is -0.800. The summed E-state index contributed by atoms with van der Waals surface area (Å²) in [6, 6.07) is 0. The minimum atomic E-state index is -1.25. The van der Waals surface area contributed by atoms with Crippen LogP contribution in [0.2, 0.25) is 0 Å². The summed E-state index contributed by atoms with van der Waals surface area (Å²) in [5.41, 5.74) is -1.76. The van der Waals surface area contributed by atoms with Gasteiger partial charge >= 0.3 is 6.09 Å². The zero-order valence-corrected chi connectivity index (χ0v) is 9.61. The zero-order valence-electron chi connectivity index (χ0n) is 9.61. The molecule has 0 fully saturated rings. The van der Waals surface area contributed by atoms with E-state index in [0.29, 0.717) is 6.54 Å². The minimum absolute atomic E-state index is 0.284. The van der Waals surface area contributed by atoms with Crippen LogP contribution in [0.25, 0.3) is 0 Å². The molecule has 0 atom stereocenters. The van der Waals surface area contributed by atoms with Crippen LogP contribution >= 0.6 is 0 Å². The van der Waals surface area contributed by atoms with Gasteiger partial charge in [-0.2, -0.15) is 0 Å². The van der Waals surface area contributed by atoms with Crippen molar-refractivity contribution >= 4 is 6.09 Å². The Kier molecular flexibility index (Phi) is 4.36. The van der Waals surface area contributed by atoms with Gasteiger partial charge in [0.25, 0.3) is 0 Å². The van der Waals surface area contributed by atoms with E-state index >= 15 is 0 Å². The lowest BCUT2D eigenvalue weighted by atomic mass is 10.1. The average molecular weight is 205 g/mol. The molecule has 0 saturated carbocycles. The summed E-state index contributed by atoms with van der Waals surface area (Å²) >= 11 is 0. The third kappa shape index (κ3) is 9.29. The number of alkyl carbamates (subject to hydrolysis) is 1. The lowest BCUT2D eigenvalue weighted by Crippen LogP contribution is -2.34. The van der Waals surface area contributed by atoms with Gasteiger partial charge in [0.2, 0.25) is 0 Å². The minimum Gasteiger partial charge on any atom is -0.444 e. The molecule has 0 heterocycles. The summed E-state index contributed by atoms with van der Waals surface area (Å²) in [7, 11) is 0. The number of carbonyl (C=O) groups excluding carboxylic acids is 1. The lowest BCUT2D eigenvalue weighted by Gasteiger charge is -2.20. The van der Waals surface area contributed by atoms with E-state index in [1.807, 2.05) is 0 Å². The molecule has 0 saturated heterocycles. The number of rotatable bonds is 3. The van der Waals surface area contributed by atoms with Gasteiger partial charge in [0.05, 0.1) is 0 Å². The molecular weight excluding hydrogens is 185 g/mol. The van der Waals surface area contributed by atoms with Gasteiger partial charge in [-0.1, -0.05) is 0 Å². The number of halogens is 1. The summed E-state index contributed by atoms with van der Waals surface area (Å²) in [5, 5.41) is 2.49. The van der Waals surface area contributed by atoms with E-state index in [1.165, 1.54) is 13.8 Å². The topological polar surface area (TPSA) is 38.3 Å². The summed E-state index contributed by atoms with van der Waals surface area (Å²) in [6.07, 6.45) is -0.214. The molecule has 0 aromatic heterocycles. The lowest BCUT2D eigenvalue weighted by molar-refractivity contribution is 0.0519. The number of amides is 1. The van der Waals surface area contributed by atoms with E-state index in [1.54, 1.807) is 20.8 Å². The van der Waals surface area contributed by atoms with E-state index in [4.69, 9.17) is 4.74 Å². The maximum Gasteiger partial charge on any atom is 0.407 e. The van der Waals surface area contributed by atoms with E-state index < -0.39 is 17.4 Å². The maximum atomic E-state index is 13.0. The normalized spacial score (nSPS) is 12.4. The number of hydrogen-bond donors (Lipinski definition) is 1. The first-order chi connectivity index (χ1) is 6.10. The van der Waals surface area contributed by atoms with Crippen LogP contribution in [0.5, 0.6) is 0 Å². The predicted molar refractivity (Wildman–Crippen MR) is 54.0 cm³/mol. The monoisotopic (exact) mass is 205 g/mol. The Morgan fingerprint density at radius 1 is 1.29 bits per heavy atom. The molecular formula is C10H20FNO2. The number of nitrogens with one attached hydrogen (secondary N) is 1. The van der Waals surface area contributed by atoms with E-state index in [-0.39, 0.29) is 6.42 Å². The predicted octanol–water partition coefficient (Wildman–Crippen LogP) is 2.65. The van der Waals surface area contributed by atoms with Crippen LogP contribution in [-0.4, -0.2) is 23.9 Å². The van der Waals surface area contributed by atoms with Crippen LogP contribution in [0, 0.1) is 0 Å². The highest BCUT2D eigenvalue weighted by molar-refractivity contribution is 5.67. The van der Waals surface area contributed by atoms with Crippen molar-refractivity contribution in [3.8, 4) is 0 Å². The molecule has 0 aliphatic rings. The summed E-state index contributed by atoms with van der Waals surface area (Å²) < 4.78 is 18.0. The van der Waals surface area contributed by atoms with Crippen molar-refractivity contribution < 1.29 is 13.9 Å². The summed E-state index contributed by atoms with van der Waals surface area (Å²) in [4.78, 5) is 11.1. The Morgan fingerprint density at radius 2 is 1.79 bits per heavy atom. The average Bonchev–Trinajstić information content (AvgIpc) is 1.78.